The first kappa shape index (κ1) is 17.2. The summed E-state index contributed by atoms with van der Waals surface area (Å²) in [6.07, 6.45) is 3.66. The molecule has 2 heterocycles. The Morgan fingerprint density at radius 2 is 2.08 bits per heavy atom. The third-order valence-electron chi connectivity index (χ3n) is 4.81. The topological polar surface area (TPSA) is 50.3 Å². The number of aromatic nitrogens is 2. The maximum Gasteiger partial charge on any atom is 0.138 e. The Balaban J connectivity index is 1.46. The second-order valence-corrected chi connectivity index (χ2v) is 8.01. The minimum absolute atomic E-state index is 0.361. The lowest BCUT2D eigenvalue weighted by Gasteiger charge is -2.13. The summed E-state index contributed by atoms with van der Waals surface area (Å²) in [5, 5.41) is 6.94. The molecule has 4 rings (SSSR count). The molecule has 0 fully saturated rings. The summed E-state index contributed by atoms with van der Waals surface area (Å²) in [6, 6.07) is 6.84. The van der Waals surface area contributed by atoms with E-state index in [1.165, 1.54) is 16.7 Å². The number of benzene rings is 1. The van der Waals surface area contributed by atoms with Crippen molar-refractivity contribution in [2.24, 2.45) is 0 Å². The van der Waals surface area contributed by atoms with Crippen molar-refractivity contribution in [3.8, 4) is 5.75 Å². The van der Waals surface area contributed by atoms with Gasteiger partial charge in [0.1, 0.15) is 29.3 Å². The lowest BCUT2D eigenvalue weighted by atomic mass is 10.1. The van der Waals surface area contributed by atoms with Gasteiger partial charge in [-0.3, -0.25) is 0 Å². The van der Waals surface area contributed by atoms with Gasteiger partial charge in [0.25, 0.3) is 0 Å². The van der Waals surface area contributed by atoms with Gasteiger partial charge in [0.15, 0.2) is 0 Å². The third kappa shape index (κ3) is 3.52. The molecule has 1 aromatic carbocycles. The molecule has 5 nitrogen and oxygen atoms in total. The van der Waals surface area contributed by atoms with Crippen molar-refractivity contribution in [3.05, 3.63) is 46.6 Å². The van der Waals surface area contributed by atoms with Crippen LogP contribution in [0.2, 0.25) is 0 Å². The van der Waals surface area contributed by atoms with Crippen molar-refractivity contribution in [3.63, 3.8) is 0 Å². The van der Waals surface area contributed by atoms with Gasteiger partial charge in [-0.05, 0) is 68.1 Å². The minimum atomic E-state index is 0.361. The summed E-state index contributed by atoms with van der Waals surface area (Å²) in [7, 11) is 4.11. The van der Waals surface area contributed by atoms with Crippen LogP contribution in [-0.4, -0.2) is 48.2 Å². The summed E-state index contributed by atoms with van der Waals surface area (Å²) < 4.78 is 5.88. The molecular weight excluding hydrogens is 344 g/mol. The van der Waals surface area contributed by atoms with E-state index in [0.29, 0.717) is 12.6 Å². The molecule has 0 saturated heterocycles. The molecule has 0 saturated carbocycles. The molecule has 6 heteroatoms. The van der Waals surface area contributed by atoms with Gasteiger partial charge >= 0.3 is 0 Å². The van der Waals surface area contributed by atoms with Gasteiger partial charge in [-0.25, -0.2) is 9.97 Å². The zero-order valence-corrected chi connectivity index (χ0v) is 16.3. The second kappa shape index (κ2) is 7.21. The largest absolute Gasteiger partial charge is 0.492 e. The zero-order valence-electron chi connectivity index (χ0n) is 15.5. The van der Waals surface area contributed by atoms with Crippen LogP contribution >= 0.6 is 11.3 Å². The van der Waals surface area contributed by atoms with Gasteiger partial charge in [0.2, 0.25) is 0 Å². The van der Waals surface area contributed by atoms with E-state index in [0.717, 1.165) is 41.2 Å². The molecule has 1 atom stereocenters. The first-order valence-corrected chi connectivity index (χ1v) is 9.83. The summed E-state index contributed by atoms with van der Waals surface area (Å²) in [5.74, 6) is 1.92. The third-order valence-corrected chi connectivity index (χ3v) is 5.82. The van der Waals surface area contributed by atoms with E-state index in [1.54, 1.807) is 17.7 Å². The maximum atomic E-state index is 5.88. The molecule has 0 spiro atoms. The quantitative estimate of drug-likeness (QED) is 0.721. The van der Waals surface area contributed by atoms with E-state index in [1.807, 2.05) is 0 Å². The number of likely N-dealkylation sites (N-methyl/N-ethyl adjacent to an activating group) is 1. The highest BCUT2D eigenvalue weighted by Crippen LogP contribution is 2.32. The SMILES string of the molecule is Cc1csc2ncnc(NC3Cc4ccc(OCCN(C)C)cc4C3)c12. The van der Waals surface area contributed by atoms with Crippen molar-refractivity contribution in [2.45, 2.75) is 25.8 Å². The van der Waals surface area contributed by atoms with Crippen LogP contribution in [0.5, 0.6) is 5.75 Å². The normalized spacial score (nSPS) is 16.2. The Kier molecular flexibility index (Phi) is 4.78. The summed E-state index contributed by atoms with van der Waals surface area (Å²) >= 11 is 1.67. The number of thiophene rings is 1. The average Bonchev–Trinajstić information content (AvgIpc) is 3.18. The number of aryl methyl sites for hydroxylation is 1. The molecule has 1 unspecified atom stereocenters. The van der Waals surface area contributed by atoms with E-state index in [9.17, 15) is 0 Å². The van der Waals surface area contributed by atoms with Crippen LogP contribution in [0.1, 0.15) is 16.7 Å². The number of hydrogen-bond acceptors (Lipinski definition) is 6. The van der Waals surface area contributed by atoms with E-state index < -0.39 is 0 Å². The fourth-order valence-corrected chi connectivity index (χ4v) is 4.34. The van der Waals surface area contributed by atoms with Crippen LogP contribution in [0.15, 0.2) is 29.9 Å². The smallest absolute Gasteiger partial charge is 0.138 e. The number of fused-ring (bicyclic) bond motifs is 2. The van der Waals surface area contributed by atoms with E-state index in [4.69, 9.17) is 4.74 Å². The molecule has 0 radical (unpaired) electrons. The van der Waals surface area contributed by atoms with Crippen LogP contribution in [-0.2, 0) is 12.8 Å². The Bertz CT molecular complexity index is 921. The second-order valence-electron chi connectivity index (χ2n) is 7.15. The summed E-state index contributed by atoms with van der Waals surface area (Å²) in [4.78, 5) is 12.0. The maximum absolute atomic E-state index is 5.88. The molecule has 1 N–H and O–H groups in total. The van der Waals surface area contributed by atoms with Gasteiger partial charge in [0.05, 0.1) is 5.39 Å². The first-order valence-electron chi connectivity index (χ1n) is 8.95. The Labute approximate surface area is 158 Å². The lowest BCUT2D eigenvalue weighted by molar-refractivity contribution is 0.261. The molecule has 136 valence electrons. The molecule has 0 amide bonds. The summed E-state index contributed by atoms with van der Waals surface area (Å²) in [5.41, 5.74) is 4.01. The van der Waals surface area contributed by atoms with Crippen molar-refractivity contribution in [1.29, 1.82) is 0 Å². The zero-order chi connectivity index (χ0) is 18.1. The van der Waals surface area contributed by atoms with Crippen molar-refractivity contribution < 1.29 is 4.74 Å². The van der Waals surface area contributed by atoms with Crippen molar-refractivity contribution in [2.75, 3.05) is 32.6 Å². The molecule has 26 heavy (non-hydrogen) atoms. The number of rotatable bonds is 6. The number of nitrogens with zero attached hydrogens (tertiary/aromatic N) is 3. The van der Waals surface area contributed by atoms with Crippen LogP contribution < -0.4 is 10.1 Å². The average molecular weight is 369 g/mol. The lowest BCUT2D eigenvalue weighted by Crippen LogP contribution is -2.20. The Morgan fingerprint density at radius 1 is 1.23 bits per heavy atom. The Morgan fingerprint density at radius 3 is 2.92 bits per heavy atom. The van der Waals surface area contributed by atoms with E-state index in [-0.39, 0.29) is 0 Å². The van der Waals surface area contributed by atoms with Gasteiger partial charge < -0.3 is 15.0 Å². The molecule has 3 aromatic rings. The van der Waals surface area contributed by atoms with Crippen molar-refractivity contribution in [1.82, 2.24) is 14.9 Å². The number of anilines is 1. The van der Waals surface area contributed by atoms with E-state index >= 15 is 0 Å². The van der Waals surface area contributed by atoms with Crippen LogP contribution in [0, 0.1) is 6.92 Å². The molecular formula is C20H24N4OS. The number of ether oxygens (including phenoxy) is 1. The highest BCUT2D eigenvalue weighted by Gasteiger charge is 2.23. The van der Waals surface area contributed by atoms with Crippen LogP contribution in [0.3, 0.4) is 0 Å². The van der Waals surface area contributed by atoms with Gasteiger partial charge in [-0.2, -0.15) is 0 Å². The highest BCUT2D eigenvalue weighted by atomic mass is 32.1. The molecule has 0 aliphatic heterocycles. The van der Waals surface area contributed by atoms with Crippen LogP contribution in [0.4, 0.5) is 5.82 Å². The predicted molar refractivity (Wildman–Crippen MR) is 107 cm³/mol. The minimum Gasteiger partial charge on any atom is -0.492 e. The molecule has 1 aliphatic carbocycles. The highest BCUT2D eigenvalue weighted by molar-refractivity contribution is 7.17. The first-order chi connectivity index (χ1) is 12.6. The fourth-order valence-electron chi connectivity index (χ4n) is 3.45. The van der Waals surface area contributed by atoms with Gasteiger partial charge in [0, 0.05) is 12.6 Å². The predicted octanol–water partition coefficient (Wildman–Crippen LogP) is 3.52. The molecule has 1 aliphatic rings. The monoisotopic (exact) mass is 368 g/mol. The van der Waals surface area contributed by atoms with Gasteiger partial charge in [-0.15, -0.1) is 11.3 Å². The van der Waals surface area contributed by atoms with Crippen LogP contribution in [0.25, 0.3) is 10.2 Å². The molecule has 2 aromatic heterocycles. The standard InChI is InChI=1S/C20H24N4OS/c1-13-11-26-20-18(13)19(21-12-22-20)23-16-8-14-4-5-17(10-15(14)9-16)25-7-6-24(2)3/h4-5,10-12,16H,6-9H2,1-3H3,(H,21,22,23). The summed E-state index contributed by atoms with van der Waals surface area (Å²) in [6.45, 7) is 3.75. The van der Waals surface area contributed by atoms with Crippen molar-refractivity contribution >= 4 is 27.4 Å². The number of hydrogen-bond donors (Lipinski definition) is 1. The molecule has 0 bridgehead atoms. The van der Waals surface area contributed by atoms with Gasteiger partial charge in [-0.1, -0.05) is 6.07 Å². The Hall–Kier alpha value is -2.18. The number of nitrogens with one attached hydrogen (secondary N) is 1. The fraction of sp³-hybridized carbons (Fsp3) is 0.400. The van der Waals surface area contributed by atoms with E-state index in [2.05, 4.69) is 64.8 Å².